The Morgan fingerprint density at radius 1 is 1.24 bits per heavy atom. The molecule has 0 aliphatic rings. The molecule has 0 atom stereocenters. The van der Waals surface area contributed by atoms with Gasteiger partial charge in [-0.3, -0.25) is 4.79 Å². The van der Waals surface area contributed by atoms with E-state index in [1.54, 1.807) is 6.08 Å². The monoisotopic (exact) mass is 237 g/mol. The molecule has 0 aromatic heterocycles. The van der Waals surface area contributed by atoms with E-state index in [0.717, 1.165) is 19.4 Å². The van der Waals surface area contributed by atoms with Crippen molar-refractivity contribution in [3.05, 3.63) is 24.3 Å². The second-order valence-corrected chi connectivity index (χ2v) is 4.76. The third-order valence-corrected chi connectivity index (χ3v) is 2.49. The number of rotatable bonds is 9. The lowest BCUT2D eigenvalue weighted by Crippen LogP contribution is -2.23. The number of allylic oxidation sites excluding steroid dienone is 3. The van der Waals surface area contributed by atoms with Gasteiger partial charge in [0, 0.05) is 12.6 Å². The smallest absolute Gasteiger partial charge is 0.243 e. The molecule has 0 fully saturated rings. The van der Waals surface area contributed by atoms with Gasteiger partial charge in [-0.15, -0.1) is 0 Å². The van der Waals surface area contributed by atoms with Crippen LogP contribution >= 0.6 is 0 Å². The molecule has 0 aliphatic carbocycles. The van der Waals surface area contributed by atoms with Gasteiger partial charge in [-0.1, -0.05) is 51.8 Å². The van der Waals surface area contributed by atoms with Crippen molar-refractivity contribution in [2.45, 2.75) is 52.9 Å². The topological polar surface area (TPSA) is 29.1 Å². The van der Waals surface area contributed by atoms with Crippen molar-refractivity contribution in [3.8, 4) is 0 Å². The number of carbonyl (C=O) groups is 1. The maximum Gasteiger partial charge on any atom is 0.243 e. The van der Waals surface area contributed by atoms with Gasteiger partial charge in [0.2, 0.25) is 5.91 Å². The van der Waals surface area contributed by atoms with Crippen LogP contribution in [0.2, 0.25) is 0 Å². The molecule has 1 amide bonds. The Labute approximate surface area is 106 Å². The van der Waals surface area contributed by atoms with Crippen LogP contribution in [0.25, 0.3) is 0 Å². The first-order chi connectivity index (χ1) is 8.16. The SMILES string of the molecule is CCCCC/C=C/C=C/C(=O)NCCC(C)C. The Balaban J connectivity index is 3.52. The molecule has 0 saturated carbocycles. The van der Waals surface area contributed by atoms with E-state index in [4.69, 9.17) is 0 Å². The van der Waals surface area contributed by atoms with Crippen LogP contribution in [0.5, 0.6) is 0 Å². The van der Waals surface area contributed by atoms with E-state index in [2.05, 4.69) is 32.2 Å². The maximum absolute atomic E-state index is 11.3. The fraction of sp³-hybridized carbons (Fsp3) is 0.667. The Hall–Kier alpha value is -1.05. The number of hydrogen-bond acceptors (Lipinski definition) is 1. The lowest BCUT2D eigenvalue weighted by Gasteiger charge is -2.04. The number of carbonyl (C=O) groups excluding carboxylic acids is 1. The summed E-state index contributed by atoms with van der Waals surface area (Å²) in [5.74, 6) is 0.640. The summed E-state index contributed by atoms with van der Waals surface area (Å²) >= 11 is 0. The van der Waals surface area contributed by atoms with Gasteiger partial charge in [0.05, 0.1) is 0 Å². The molecule has 2 nitrogen and oxygen atoms in total. The first kappa shape index (κ1) is 16.0. The summed E-state index contributed by atoms with van der Waals surface area (Å²) in [7, 11) is 0. The molecule has 0 aliphatic heterocycles. The predicted molar refractivity (Wildman–Crippen MR) is 74.9 cm³/mol. The molecule has 0 rings (SSSR count). The van der Waals surface area contributed by atoms with Crippen molar-refractivity contribution in [3.63, 3.8) is 0 Å². The van der Waals surface area contributed by atoms with Crippen LogP contribution in [-0.4, -0.2) is 12.5 Å². The van der Waals surface area contributed by atoms with Crippen LogP contribution in [0.15, 0.2) is 24.3 Å². The largest absolute Gasteiger partial charge is 0.353 e. The normalized spacial score (nSPS) is 11.8. The fourth-order valence-corrected chi connectivity index (χ4v) is 1.37. The minimum atomic E-state index is 0.00357. The highest BCUT2D eigenvalue weighted by atomic mass is 16.1. The van der Waals surface area contributed by atoms with Gasteiger partial charge in [-0.05, 0) is 25.2 Å². The average Bonchev–Trinajstić information content (AvgIpc) is 2.27. The molecule has 17 heavy (non-hydrogen) atoms. The Bertz CT molecular complexity index is 241. The fourth-order valence-electron chi connectivity index (χ4n) is 1.37. The maximum atomic E-state index is 11.3. The van der Waals surface area contributed by atoms with E-state index in [0.29, 0.717) is 5.92 Å². The van der Waals surface area contributed by atoms with Crippen molar-refractivity contribution in [2.75, 3.05) is 6.54 Å². The first-order valence-electron chi connectivity index (χ1n) is 6.77. The van der Waals surface area contributed by atoms with Crippen LogP contribution in [0.4, 0.5) is 0 Å². The minimum Gasteiger partial charge on any atom is -0.353 e. The van der Waals surface area contributed by atoms with E-state index in [1.807, 2.05) is 12.2 Å². The van der Waals surface area contributed by atoms with E-state index >= 15 is 0 Å². The van der Waals surface area contributed by atoms with E-state index < -0.39 is 0 Å². The van der Waals surface area contributed by atoms with E-state index in [9.17, 15) is 4.79 Å². The van der Waals surface area contributed by atoms with E-state index in [-0.39, 0.29) is 5.91 Å². The second kappa shape index (κ2) is 11.4. The Morgan fingerprint density at radius 2 is 2.00 bits per heavy atom. The third-order valence-electron chi connectivity index (χ3n) is 2.49. The summed E-state index contributed by atoms with van der Waals surface area (Å²) in [6.45, 7) is 7.27. The van der Waals surface area contributed by atoms with Gasteiger partial charge < -0.3 is 5.32 Å². The minimum absolute atomic E-state index is 0.00357. The quantitative estimate of drug-likeness (QED) is 0.368. The molecule has 0 radical (unpaired) electrons. The van der Waals surface area contributed by atoms with Gasteiger partial charge in [0.25, 0.3) is 0 Å². The summed E-state index contributed by atoms with van der Waals surface area (Å²) < 4.78 is 0. The van der Waals surface area contributed by atoms with Crippen LogP contribution < -0.4 is 5.32 Å². The highest BCUT2D eigenvalue weighted by molar-refractivity contribution is 5.87. The molecule has 0 bridgehead atoms. The predicted octanol–water partition coefficient (Wildman–Crippen LogP) is 3.84. The molecule has 0 aromatic rings. The number of amides is 1. The third kappa shape index (κ3) is 12.9. The Morgan fingerprint density at radius 3 is 2.65 bits per heavy atom. The van der Waals surface area contributed by atoms with E-state index in [1.165, 1.54) is 19.3 Å². The van der Waals surface area contributed by atoms with Crippen molar-refractivity contribution >= 4 is 5.91 Å². The van der Waals surface area contributed by atoms with Crippen LogP contribution in [0, 0.1) is 5.92 Å². The standard InChI is InChI=1S/C15H27NO/c1-4-5-6-7-8-9-10-11-15(17)16-13-12-14(2)3/h8-11,14H,4-7,12-13H2,1-3H3,(H,16,17)/b9-8+,11-10+. The highest BCUT2D eigenvalue weighted by Crippen LogP contribution is 1.99. The molecule has 1 N–H and O–H groups in total. The molecule has 0 spiro atoms. The summed E-state index contributed by atoms with van der Waals surface area (Å²) in [5.41, 5.74) is 0. The van der Waals surface area contributed by atoms with Crippen molar-refractivity contribution in [1.29, 1.82) is 0 Å². The van der Waals surface area contributed by atoms with Gasteiger partial charge in [-0.25, -0.2) is 0 Å². The van der Waals surface area contributed by atoms with Crippen LogP contribution in [0.1, 0.15) is 52.9 Å². The zero-order chi connectivity index (χ0) is 12.9. The first-order valence-corrected chi connectivity index (χ1v) is 6.77. The summed E-state index contributed by atoms with van der Waals surface area (Å²) in [5, 5.41) is 2.87. The molecule has 98 valence electrons. The van der Waals surface area contributed by atoms with Gasteiger partial charge in [0.15, 0.2) is 0 Å². The van der Waals surface area contributed by atoms with Crippen molar-refractivity contribution < 1.29 is 4.79 Å². The molecular weight excluding hydrogens is 210 g/mol. The lowest BCUT2D eigenvalue weighted by molar-refractivity contribution is -0.116. The summed E-state index contributed by atoms with van der Waals surface area (Å²) in [6.07, 6.45) is 13.4. The molecular formula is C15H27NO. The summed E-state index contributed by atoms with van der Waals surface area (Å²) in [6, 6.07) is 0. The molecule has 2 heteroatoms. The number of nitrogens with one attached hydrogen (secondary N) is 1. The highest BCUT2D eigenvalue weighted by Gasteiger charge is 1.95. The number of hydrogen-bond donors (Lipinski definition) is 1. The zero-order valence-electron chi connectivity index (χ0n) is 11.5. The molecule has 0 heterocycles. The summed E-state index contributed by atoms with van der Waals surface area (Å²) in [4.78, 5) is 11.3. The lowest BCUT2D eigenvalue weighted by atomic mass is 10.1. The van der Waals surface area contributed by atoms with Gasteiger partial charge in [0.1, 0.15) is 0 Å². The molecule has 0 unspecified atom stereocenters. The second-order valence-electron chi connectivity index (χ2n) is 4.76. The van der Waals surface area contributed by atoms with Crippen LogP contribution in [0.3, 0.4) is 0 Å². The molecule has 0 aromatic carbocycles. The number of unbranched alkanes of at least 4 members (excludes halogenated alkanes) is 3. The van der Waals surface area contributed by atoms with Crippen LogP contribution in [-0.2, 0) is 4.79 Å². The van der Waals surface area contributed by atoms with Gasteiger partial charge >= 0.3 is 0 Å². The van der Waals surface area contributed by atoms with Crippen molar-refractivity contribution in [2.24, 2.45) is 5.92 Å². The van der Waals surface area contributed by atoms with Gasteiger partial charge in [-0.2, -0.15) is 0 Å². The zero-order valence-corrected chi connectivity index (χ0v) is 11.5. The van der Waals surface area contributed by atoms with Crippen molar-refractivity contribution in [1.82, 2.24) is 5.32 Å². The Kier molecular flexibility index (Phi) is 10.7. The molecule has 0 saturated heterocycles. The average molecular weight is 237 g/mol.